The van der Waals surface area contributed by atoms with E-state index in [0.29, 0.717) is 16.1 Å². The van der Waals surface area contributed by atoms with Gasteiger partial charge in [0.05, 0.1) is 26.8 Å². The Balaban J connectivity index is 1.74. The van der Waals surface area contributed by atoms with Gasteiger partial charge in [-0.25, -0.2) is 9.97 Å². The number of nitrogens with one attached hydrogen (secondary N) is 1. The smallest absolute Gasteiger partial charge is 0.309 e. The Bertz CT molecular complexity index is 935. The van der Waals surface area contributed by atoms with Gasteiger partial charge in [-0.05, 0) is 18.2 Å². The summed E-state index contributed by atoms with van der Waals surface area (Å²) in [4.78, 5) is 20.1. The number of rotatable bonds is 5. The average Bonchev–Trinajstić information content (AvgIpc) is 2.94. The molecule has 0 atom stereocenters. The molecule has 0 unspecified atom stereocenters. The standard InChI is InChI=1S/C15H10Cl2F2N4OS/c16-8-5-9(17)13(20-6-8)22-12(24)7-25-15-21-10-3-1-2-4-11(10)23(15)14(18)19/h1-6,14H,7H2,(H,20,22,24). The maximum absolute atomic E-state index is 13.3. The summed E-state index contributed by atoms with van der Waals surface area (Å²) in [6.45, 7) is -2.76. The molecule has 3 rings (SSSR count). The van der Waals surface area contributed by atoms with Crippen molar-refractivity contribution in [2.45, 2.75) is 11.7 Å². The lowest BCUT2D eigenvalue weighted by Crippen LogP contribution is -2.16. The van der Waals surface area contributed by atoms with E-state index >= 15 is 0 Å². The fraction of sp³-hybridized carbons (Fsp3) is 0.133. The largest absolute Gasteiger partial charge is 0.321 e. The quantitative estimate of drug-likeness (QED) is 0.618. The van der Waals surface area contributed by atoms with Crippen molar-refractivity contribution in [1.82, 2.24) is 14.5 Å². The molecule has 2 heterocycles. The van der Waals surface area contributed by atoms with E-state index in [1.54, 1.807) is 24.3 Å². The zero-order valence-electron chi connectivity index (χ0n) is 12.4. The second-order valence-electron chi connectivity index (χ2n) is 4.85. The summed E-state index contributed by atoms with van der Waals surface area (Å²) in [7, 11) is 0. The Morgan fingerprint density at radius 3 is 2.80 bits per heavy atom. The maximum atomic E-state index is 13.3. The number of alkyl halides is 2. The second kappa shape index (κ2) is 7.55. The van der Waals surface area contributed by atoms with Crippen molar-refractivity contribution in [1.29, 1.82) is 0 Å². The monoisotopic (exact) mass is 402 g/mol. The average molecular weight is 403 g/mol. The summed E-state index contributed by atoms with van der Waals surface area (Å²) in [5, 5.41) is 3.08. The lowest BCUT2D eigenvalue weighted by molar-refractivity contribution is -0.113. The van der Waals surface area contributed by atoms with Crippen molar-refractivity contribution in [3.63, 3.8) is 0 Å². The highest BCUT2D eigenvalue weighted by molar-refractivity contribution is 7.99. The number of hydrogen-bond donors (Lipinski definition) is 1. The number of thioether (sulfide) groups is 1. The van der Waals surface area contributed by atoms with Crippen LogP contribution in [-0.2, 0) is 4.79 Å². The lowest BCUT2D eigenvalue weighted by atomic mass is 10.3. The predicted molar refractivity (Wildman–Crippen MR) is 94.6 cm³/mol. The van der Waals surface area contributed by atoms with E-state index in [2.05, 4.69) is 15.3 Å². The first-order valence-electron chi connectivity index (χ1n) is 6.94. The van der Waals surface area contributed by atoms with Crippen LogP contribution in [0.4, 0.5) is 14.6 Å². The van der Waals surface area contributed by atoms with Crippen molar-refractivity contribution >= 4 is 57.7 Å². The van der Waals surface area contributed by atoms with Crippen LogP contribution < -0.4 is 5.32 Å². The van der Waals surface area contributed by atoms with Gasteiger partial charge in [0.15, 0.2) is 11.0 Å². The molecule has 0 saturated heterocycles. The van der Waals surface area contributed by atoms with Crippen LogP contribution >= 0.6 is 35.0 Å². The van der Waals surface area contributed by atoms with Crippen molar-refractivity contribution in [2.24, 2.45) is 0 Å². The van der Waals surface area contributed by atoms with Gasteiger partial charge in [0.25, 0.3) is 0 Å². The number of hydrogen-bond acceptors (Lipinski definition) is 4. The van der Waals surface area contributed by atoms with Crippen LogP contribution in [0, 0.1) is 0 Å². The number of carbonyl (C=O) groups is 1. The van der Waals surface area contributed by atoms with E-state index in [1.165, 1.54) is 12.3 Å². The molecule has 25 heavy (non-hydrogen) atoms. The summed E-state index contributed by atoms with van der Waals surface area (Å²) in [6.07, 6.45) is 1.34. The number of amides is 1. The zero-order valence-corrected chi connectivity index (χ0v) is 14.7. The van der Waals surface area contributed by atoms with Crippen molar-refractivity contribution in [2.75, 3.05) is 11.1 Å². The van der Waals surface area contributed by atoms with Crippen molar-refractivity contribution in [3.8, 4) is 0 Å². The first kappa shape index (κ1) is 17.9. The summed E-state index contributed by atoms with van der Waals surface area (Å²) >= 11 is 12.6. The molecule has 0 spiro atoms. The molecule has 5 nitrogen and oxygen atoms in total. The number of halogens is 4. The maximum Gasteiger partial charge on any atom is 0.321 e. The third-order valence-electron chi connectivity index (χ3n) is 3.16. The van der Waals surface area contributed by atoms with Crippen LogP contribution in [-0.4, -0.2) is 26.2 Å². The van der Waals surface area contributed by atoms with Gasteiger partial charge in [-0.3, -0.25) is 9.36 Å². The molecule has 0 aliphatic heterocycles. The molecule has 0 fully saturated rings. The minimum absolute atomic E-state index is 0.0570. The van der Waals surface area contributed by atoms with Crippen LogP contribution in [0.25, 0.3) is 11.0 Å². The molecule has 130 valence electrons. The molecule has 1 amide bonds. The third-order valence-corrected chi connectivity index (χ3v) is 4.60. The summed E-state index contributed by atoms with van der Waals surface area (Å²) in [5.74, 6) is -0.426. The Morgan fingerprint density at radius 1 is 1.32 bits per heavy atom. The zero-order chi connectivity index (χ0) is 18.0. The summed E-state index contributed by atoms with van der Waals surface area (Å²) < 4.78 is 27.4. The summed E-state index contributed by atoms with van der Waals surface area (Å²) in [5.41, 5.74) is 0.746. The number of nitrogens with zero attached hydrogens (tertiary/aromatic N) is 3. The third kappa shape index (κ3) is 4.02. The van der Waals surface area contributed by atoms with E-state index < -0.39 is 12.5 Å². The SMILES string of the molecule is O=C(CSc1nc2ccccc2n1C(F)F)Nc1ncc(Cl)cc1Cl. The number of fused-ring (bicyclic) bond motifs is 1. The highest BCUT2D eigenvalue weighted by Gasteiger charge is 2.19. The minimum Gasteiger partial charge on any atom is -0.309 e. The van der Waals surface area contributed by atoms with E-state index in [9.17, 15) is 13.6 Å². The first-order valence-corrected chi connectivity index (χ1v) is 8.68. The van der Waals surface area contributed by atoms with Gasteiger partial charge in [0, 0.05) is 6.20 Å². The fourth-order valence-corrected chi connectivity index (χ4v) is 3.36. The van der Waals surface area contributed by atoms with E-state index in [4.69, 9.17) is 23.2 Å². The van der Waals surface area contributed by atoms with Gasteiger partial charge in [0.2, 0.25) is 5.91 Å². The Hall–Kier alpha value is -1.90. The fourth-order valence-electron chi connectivity index (χ4n) is 2.12. The Morgan fingerprint density at radius 2 is 2.08 bits per heavy atom. The van der Waals surface area contributed by atoms with Gasteiger partial charge in [-0.15, -0.1) is 0 Å². The molecule has 10 heteroatoms. The van der Waals surface area contributed by atoms with E-state index in [1.807, 2.05) is 0 Å². The topological polar surface area (TPSA) is 59.8 Å². The molecule has 2 aromatic heterocycles. The van der Waals surface area contributed by atoms with Gasteiger partial charge in [-0.2, -0.15) is 8.78 Å². The number of imidazole rings is 1. The van der Waals surface area contributed by atoms with Crippen LogP contribution in [0.2, 0.25) is 10.0 Å². The Kier molecular flexibility index (Phi) is 5.41. The minimum atomic E-state index is -2.76. The molecule has 1 aromatic carbocycles. The molecular formula is C15H10Cl2F2N4OS. The molecule has 3 aromatic rings. The molecule has 1 N–H and O–H groups in total. The molecule has 0 aliphatic rings. The van der Waals surface area contributed by atoms with Crippen LogP contribution in [0.1, 0.15) is 6.55 Å². The molecule has 0 radical (unpaired) electrons. The molecule has 0 bridgehead atoms. The number of anilines is 1. The number of benzene rings is 1. The highest BCUT2D eigenvalue weighted by atomic mass is 35.5. The Labute approximate surface area is 155 Å². The van der Waals surface area contributed by atoms with Gasteiger partial charge in [0.1, 0.15) is 0 Å². The van der Waals surface area contributed by atoms with Crippen molar-refractivity contribution < 1.29 is 13.6 Å². The summed E-state index contributed by atoms with van der Waals surface area (Å²) in [6, 6.07) is 7.99. The number of pyridine rings is 1. The van der Waals surface area contributed by atoms with Crippen LogP contribution in [0.15, 0.2) is 41.7 Å². The number of carbonyl (C=O) groups excluding carboxylic acids is 1. The number of para-hydroxylation sites is 2. The van der Waals surface area contributed by atoms with E-state index in [-0.39, 0.29) is 21.7 Å². The molecule has 0 aliphatic carbocycles. The van der Waals surface area contributed by atoms with E-state index in [0.717, 1.165) is 16.3 Å². The second-order valence-corrected chi connectivity index (χ2v) is 6.64. The van der Waals surface area contributed by atoms with Crippen molar-refractivity contribution in [3.05, 3.63) is 46.6 Å². The molecule has 0 saturated carbocycles. The molecular weight excluding hydrogens is 393 g/mol. The normalized spacial score (nSPS) is 11.2. The predicted octanol–water partition coefficient (Wildman–Crippen LogP) is 4.86. The van der Waals surface area contributed by atoms with Gasteiger partial charge < -0.3 is 5.32 Å². The van der Waals surface area contributed by atoms with Crippen LogP contribution in [0.5, 0.6) is 0 Å². The highest BCUT2D eigenvalue weighted by Crippen LogP contribution is 2.29. The van der Waals surface area contributed by atoms with Crippen LogP contribution in [0.3, 0.4) is 0 Å². The number of aromatic nitrogens is 3. The first-order chi connectivity index (χ1) is 12.0. The lowest BCUT2D eigenvalue weighted by Gasteiger charge is -2.08. The van der Waals surface area contributed by atoms with Gasteiger partial charge >= 0.3 is 6.55 Å². The van der Waals surface area contributed by atoms with Gasteiger partial charge in [-0.1, -0.05) is 47.1 Å².